The number of fused-ring (bicyclic) bond motifs is 1. The van der Waals surface area contributed by atoms with Crippen LogP contribution in [0.15, 0.2) is 68.3 Å². The predicted molar refractivity (Wildman–Crippen MR) is 107 cm³/mol. The summed E-state index contributed by atoms with van der Waals surface area (Å²) < 4.78 is 16.3. The Kier molecular flexibility index (Phi) is 6.25. The van der Waals surface area contributed by atoms with Gasteiger partial charge in [-0.1, -0.05) is 28.1 Å². The van der Waals surface area contributed by atoms with E-state index in [2.05, 4.69) is 15.9 Å². The van der Waals surface area contributed by atoms with Crippen molar-refractivity contribution in [2.75, 3.05) is 6.61 Å². The lowest BCUT2D eigenvalue weighted by Crippen LogP contribution is -2.05. The topological polar surface area (TPSA) is 89.5 Å². The molecule has 0 aliphatic carbocycles. The SMILES string of the molecule is N#CCOc1ccc(/C=C/C(=O)OCc2cc(=O)oc3cc(Br)ccc23)cc1. The van der Waals surface area contributed by atoms with Gasteiger partial charge in [0, 0.05) is 27.6 Å². The zero-order valence-corrected chi connectivity index (χ0v) is 16.1. The Balaban J connectivity index is 1.64. The predicted octanol–water partition coefficient (Wildman–Crippen LogP) is 4.21. The summed E-state index contributed by atoms with van der Waals surface area (Å²) in [6.07, 6.45) is 2.90. The smallest absolute Gasteiger partial charge is 0.336 e. The molecule has 0 radical (unpaired) electrons. The molecule has 3 aromatic rings. The van der Waals surface area contributed by atoms with Crippen molar-refractivity contribution in [3.63, 3.8) is 0 Å². The van der Waals surface area contributed by atoms with Crippen LogP contribution >= 0.6 is 15.9 Å². The molecular weight excluding hydrogens is 426 g/mol. The monoisotopic (exact) mass is 439 g/mol. The van der Waals surface area contributed by atoms with Crippen LogP contribution < -0.4 is 10.4 Å². The van der Waals surface area contributed by atoms with E-state index in [4.69, 9.17) is 19.2 Å². The van der Waals surface area contributed by atoms with Crippen molar-refractivity contribution in [1.82, 2.24) is 0 Å². The maximum atomic E-state index is 12.0. The Hall–Kier alpha value is -3.37. The van der Waals surface area contributed by atoms with E-state index >= 15 is 0 Å². The summed E-state index contributed by atoms with van der Waals surface area (Å²) in [5, 5.41) is 9.19. The molecule has 0 saturated carbocycles. The van der Waals surface area contributed by atoms with Gasteiger partial charge in [-0.05, 0) is 42.0 Å². The maximum Gasteiger partial charge on any atom is 0.336 e. The van der Waals surface area contributed by atoms with Crippen LogP contribution in [0.5, 0.6) is 5.75 Å². The first-order valence-electron chi connectivity index (χ1n) is 8.22. The van der Waals surface area contributed by atoms with Crippen LogP contribution in [-0.2, 0) is 16.1 Å². The van der Waals surface area contributed by atoms with Crippen LogP contribution in [0.25, 0.3) is 17.0 Å². The fourth-order valence-corrected chi connectivity index (χ4v) is 2.82. The molecule has 2 aromatic carbocycles. The van der Waals surface area contributed by atoms with Crippen molar-refractivity contribution in [2.45, 2.75) is 6.61 Å². The van der Waals surface area contributed by atoms with E-state index in [1.165, 1.54) is 12.1 Å². The third-order valence-electron chi connectivity index (χ3n) is 3.76. The molecule has 0 atom stereocenters. The second kappa shape index (κ2) is 9.02. The summed E-state index contributed by atoms with van der Waals surface area (Å²) in [5.74, 6) is 0.0333. The lowest BCUT2D eigenvalue weighted by atomic mass is 10.1. The zero-order valence-electron chi connectivity index (χ0n) is 14.6. The number of nitriles is 1. The van der Waals surface area contributed by atoms with Gasteiger partial charge in [-0.3, -0.25) is 0 Å². The third kappa shape index (κ3) is 5.09. The Morgan fingerprint density at radius 3 is 2.71 bits per heavy atom. The Morgan fingerprint density at radius 1 is 1.18 bits per heavy atom. The minimum absolute atomic E-state index is 0.0228. The summed E-state index contributed by atoms with van der Waals surface area (Å²) in [6, 6.07) is 15.4. The molecule has 140 valence electrons. The average molecular weight is 440 g/mol. The number of rotatable bonds is 6. The lowest BCUT2D eigenvalue weighted by Gasteiger charge is -2.06. The molecule has 7 heteroatoms. The average Bonchev–Trinajstić information content (AvgIpc) is 2.69. The maximum absolute atomic E-state index is 12.0. The van der Waals surface area contributed by atoms with Crippen LogP contribution in [0, 0.1) is 11.3 Å². The van der Waals surface area contributed by atoms with E-state index in [0.29, 0.717) is 22.3 Å². The Labute approximate surface area is 168 Å². The van der Waals surface area contributed by atoms with Crippen LogP contribution in [-0.4, -0.2) is 12.6 Å². The molecule has 1 aromatic heterocycles. The highest BCUT2D eigenvalue weighted by Gasteiger charge is 2.08. The molecule has 0 N–H and O–H groups in total. The minimum atomic E-state index is -0.539. The van der Waals surface area contributed by atoms with Gasteiger partial charge in [0.25, 0.3) is 0 Å². The van der Waals surface area contributed by atoms with Gasteiger partial charge in [-0.2, -0.15) is 5.26 Å². The molecule has 0 fully saturated rings. The summed E-state index contributed by atoms with van der Waals surface area (Å²) in [4.78, 5) is 23.7. The molecule has 3 rings (SSSR count). The molecule has 0 aliphatic rings. The number of benzene rings is 2. The van der Waals surface area contributed by atoms with Crippen molar-refractivity contribution < 1.29 is 18.7 Å². The van der Waals surface area contributed by atoms with Gasteiger partial charge < -0.3 is 13.9 Å². The molecule has 0 amide bonds. The van der Waals surface area contributed by atoms with E-state index in [9.17, 15) is 9.59 Å². The van der Waals surface area contributed by atoms with Crippen molar-refractivity contribution in [3.8, 4) is 11.8 Å². The number of esters is 1. The number of hydrogen-bond donors (Lipinski definition) is 0. The Morgan fingerprint density at radius 2 is 1.96 bits per heavy atom. The second-order valence-electron chi connectivity index (χ2n) is 5.69. The molecule has 28 heavy (non-hydrogen) atoms. The number of halogens is 1. The molecule has 1 heterocycles. The highest BCUT2D eigenvalue weighted by Crippen LogP contribution is 2.22. The second-order valence-corrected chi connectivity index (χ2v) is 6.60. The summed E-state index contributed by atoms with van der Waals surface area (Å²) >= 11 is 3.32. The first-order valence-corrected chi connectivity index (χ1v) is 9.01. The van der Waals surface area contributed by atoms with Crippen molar-refractivity contribution >= 4 is 38.9 Å². The summed E-state index contributed by atoms with van der Waals surface area (Å²) in [5.41, 5.74) is 1.25. The zero-order chi connectivity index (χ0) is 19.9. The van der Waals surface area contributed by atoms with Crippen molar-refractivity contribution in [2.24, 2.45) is 0 Å². The number of ether oxygens (including phenoxy) is 2. The lowest BCUT2D eigenvalue weighted by molar-refractivity contribution is -0.138. The first-order chi connectivity index (χ1) is 13.5. The molecule has 0 spiro atoms. The normalized spacial score (nSPS) is 10.7. The quantitative estimate of drug-likeness (QED) is 0.324. The molecule has 0 aliphatic heterocycles. The largest absolute Gasteiger partial charge is 0.479 e. The first kappa shape index (κ1) is 19.4. The van der Waals surface area contributed by atoms with Crippen molar-refractivity contribution in [3.05, 3.63) is 80.6 Å². The van der Waals surface area contributed by atoms with E-state index in [-0.39, 0.29) is 13.2 Å². The summed E-state index contributed by atoms with van der Waals surface area (Å²) in [6.45, 7) is -0.0706. The summed E-state index contributed by atoms with van der Waals surface area (Å²) in [7, 11) is 0. The van der Waals surface area contributed by atoms with Gasteiger partial charge in [0.15, 0.2) is 6.61 Å². The van der Waals surface area contributed by atoms with E-state index < -0.39 is 11.6 Å². The van der Waals surface area contributed by atoms with E-state index in [0.717, 1.165) is 10.0 Å². The fourth-order valence-electron chi connectivity index (χ4n) is 2.48. The Bertz CT molecular complexity index is 1130. The molecule has 6 nitrogen and oxygen atoms in total. The van der Waals surface area contributed by atoms with E-state index in [1.54, 1.807) is 42.5 Å². The molecule has 0 saturated heterocycles. The van der Waals surface area contributed by atoms with Crippen LogP contribution in [0.1, 0.15) is 11.1 Å². The van der Waals surface area contributed by atoms with Gasteiger partial charge >= 0.3 is 11.6 Å². The van der Waals surface area contributed by atoms with Gasteiger partial charge in [0.2, 0.25) is 0 Å². The van der Waals surface area contributed by atoms with Gasteiger partial charge in [-0.15, -0.1) is 0 Å². The third-order valence-corrected chi connectivity index (χ3v) is 4.25. The number of hydrogen-bond acceptors (Lipinski definition) is 6. The molecular formula is C21H14BrNO5. The standard InChI is InChI=1S/C21H14BrNO5/c22-16-4-7-18-15(11-21(25)28-19(18)12-16)13-27-20(24)8-3-14-1-5-17(6-2-14)26-10-9-23/h1-8,11-12H,10,13H2/b8-3+. The number of carbonyl (C=O) groups excluding carboxylic acids is 1. The van der Waals surface area contributed by atoms with Crippen LogP contribution in [0.3, 0.4) is 0 Å². The fraction of sp³-hybridized carbons (Fsp3) is 0.0952. The van der Waals surface area contributed by atoms with E-state index in [1.807, 2.05) is 12.1 Å². The van der Waals surface area contributed by atoms with Crippen LogP contribution in [0.2, 0.25) is 0 Å². The molecule has 0 unspecified atom stereocenters. The molecule has 0 bridgehead atoms. The highest BCUT2D eigenvalue weighted by molar-refractivity contribution is 9.10. The minimum Gasteiger partial charge on any atom is -0.479 e. The number of nitrogens with zero attached hydrogens (tertiary/aromatic N) is 1. The highest BCUT2D eigenvalue weighted by atomic mass is 79.9. The van der Waals surface area contributed by atoms with Crippen LogP contribution in [0.4, 0.5) is 0 Å². The van der Waals surface area contributed by atoms with Gasteiger partial charge in [0.05, 0.1) is 0 Å². The van der Waals surface area contributed by atoms with Gasteiger partial charge in [-0.25, -0.2) is 9.59 Å². The van der Waals surface area contributed by atoms with Gasteiger partial charge in [0.1, 0.15) is 24.0 Å². The number of carbonyl (C=O) groups is 1. The van der Waals surface area contributed by atoms with Crippen molar-refractivity contribution in [1.29, 1.82) is 5.26 Å².